The maximum Gasteiger partial charge on any atom is 4.00 e. The zero-order valence-corrected chi connectivity index (χ0v) is 18.4. The smallest absolute Gasteiger partial charge is 1.00 e. The van der Waals surface area contributed by atoms with E-state index in [0.29, 0.717) is 0 Å². The molecule has 0 heterocycles. The Labute approximate surface area is 160 Å². The summed E-state index contributed by atoms with van der Waals surface area (Å²) < 4.78 is 0. The van der Waals surface area contributed by atoms with Gasteiger partial charge in [0.05, 0.1) is 0 Å². The molecule has 1 aromatic carbocycles. The summed E-state index contributed by atoms with van der Waals surface area (Å²) in [7, 11) is 0. The van der Waals surface area contributed by atoms with E-state index in [1.54, 1.807) is 0 Å². The van der Waals surface area contributed by atoms with Gasteiger partial charge in [-0.1, -0.05) is 69.2 Å². The monoisotopic (exact) mass is 367 g/mol. The molecule has 0 amide bonds. The Morgan fingerprint density at radius 2 is 1.19 bits per heavy atom. The van der Waals surface area contributed by atoms with Crippen molar-refractivity contribution >= 4 is 0 Å². The van der Waals surface area contributed by atoms with Gasteiger partial charge in [0.25, 0.3) is 0 Å². The molecule has 0 aliphatic rings. The van der Waals surface area contributed by atoms with E-state index in [1.165, 1.54) is 22.3 Å². The first-order valence-corrected chi connectivity index (χ1v) is 6.77. The van der Waals surface area contributed by atoms with Gasteiger partial charge in [-0.05, 0) is 0 Å². The van der Waals surface area contributed by atoms with Gasteiger partial charge in [0.1, 0.15) is 0 Å². The Bertz CT molecular complexity index is 350. The van der Waals surface area contributed by atoms with Crippen molar-refractivity contribution in [1.29, 1.82) is 0 Å². The van der Waals surface area contributed by atoms with Crippen LogP contribution in [0.3, 0.4) is 0 Å². The first-order valence-electron chi connectivity index (χ1n) is 6.77. The third-order valence-electron chi connectivity index (χ3n) is 2.85. The summed E-state index contributed by atoms with van der Waals surface area (Å²) in [6.07, 6.45) is 0. The van der Waals surface area contributed by atoms with Crippen LogP contribution in [0.1, 0.15) is 63.8 Å². The molecule has 0 saturated heterocycles. The standard InChI is InChI=1S/C9H13.C8H18N.2ClH.Ti/c1-6-5-7(2)9(4)8(6)3;1-7(2,3)9-8(4,5)6;;;/h5H,1-4H3;1-6H3;2*1H;/q2*-1;;;+4/p-2. The second-order valence-corrected chi connectivity index (χ2v) is 7.21. The summed E-state index contributed by atoms with van der Waals surface area (Å²) >= 11 is 0. The van der Waals surface area contributed by atoms with Gasteiger partial charge in [0.15, 0.2) is 0 Å². The third kappa shape index (κ3) is 14.0. The van der Waals surface area contributed by atoms with Gasteiger partial charge in [-0.2, -0.15) is 28.3 Å². The van der Waals surface area contributed by atoms with E-state index in [4.69, 9.17) is 0 Å². The summed E-state index contributed by atoms with van der Waals surface area (Å²) in [6.45, 7) is 21.4. The summed E-state index contributed by atoms with van der Waals surface area (Å²) in [5.74, 6) is 0. The predicted molar refractivity (Wildman–Crippen MR) is 83.8 cm³/mol. The van der Waals surface area contributed by atoms with Crippen LogP contribution in [0.15, 0.2) is 6.07 Å². The third-order valence-corrected chi connectivity index (χ3v) is 2.85. The Hall–Kier alpha value is 0.604. The fourth-order valence-electron chi connectivity index (χ4n) is 2.14. The number of hydrogen-bond acceptors (Lipinski definition) is 0. The van der Waals surface area contributed by atoms with Gasteiger partial charge in [-0.3, -0.25) is 0 Å². The fourth-order valence-corrected chi connectivity index (χ4v) is 2.14. The van der Waals surface area contributed by atoms with E-state index in [0.717, 1.165) is 0 Å². The van der Waals surface area contributed by atoms with Crippen molar-refractivity contribution in [2.75, 3.05) is 0 Å². The molecule has 21 heavy (non-hydrogen) atoms. The van der Waals surface area contributed by atoms with Crippen molar-refractivity contribution in [2.45, 2.75) is 80.3 Å². The summed E-state index contributed by atoms with van der Waals surface area (Å²) in [4.78, 5) is 0. The summed E-state index contributed by atoms with van der Waals surface area (Å²) in [5.41, 5.74) is 5.96. The first kappa shape index (κ1) is 29.6. The fraction of sp³-hybridized carbons (Fsp3) is 0.706. The van der Waals surface area contributed by atoms with Crippen LogP contribution in [0.2, 0.25) is 0 Å². The second kappa shape index (κ2) is 11.2. The minimum atomic E-state index is 0. The quantitative estimate of drug-likeness (QED) is 0.437. The molecule has 1 rings (SSSR count). The van der Waals surface area contributed by atoms with Crippen LogP contribution >= 0.6 is 0 Å². The topological polar surface area (TPSA) is 14.1 Å². The van der Waals surface area contributed by atoms with Crippen LogP contribution < -0.4 is 24.8 Å². The Morgan fingerprint density at radius 1 is 0.857 bits per heavy atom. The molecule has 1 nitrogen and oxygen atoms in total. The molecule has 0 aliphatic carbocycles. The SMILES string of the molecule is CC(C)(C)[N-]C(C)(C)C.Cc1c[c-](C)c(C)c1C.[Cl-].[Cl-].[Ti+4]. The second-order valence-electron chi connectivity index (χ2n) is 7.21. The van der Waals surface area contributed by atoms with Gasteiger partial charge in [-0.15, -0.1) is 11.1 Å². The number of halogens is 2. The van der Waals surface area contributed by atoms with Crippen molar-refractivity contribution in [3.8, 4) is 0 Å². The molecular weight excluding hydrogens is 337 g/mol. The number of rotatable bonds is 0. The molecule has 0 fully saturated rings. The van der Waals surface area contributed by atoms with E-state index < -0.39 is 0 Å². The average molecular weight is 368 g/mol. The summed E-state index contributed by atoms with van der Waals surface area (Å²) in [6, 6.07) is 2.24. The number of hydrogen-bond donors (Lipinski definition) is 0. The van der Waals surface area contributed by atoms with E-state index >= 15 is 0 Å². The minimum absolute atomic E-state index is 0. The van der Waals surface area contributed by atoms with Crippen LogP contribution in [0.25, 0.3) is 5.32 Å². The maximum absolute atomic E-state index is 4.54. The van der Waals surface area contributed by atoms with Crippen LogP contribution in [0, 0.1) is 27.7 Å². The van der Waals surface area contributed by atoms with Gasteiger partial charge in [-0.25, -0.2) is 0 Å². The minimum Gasteiger partial charge on any atom is -1.00 e. The normalized spacial score (nSPS) is 10.4. The zero-order chi connectivity index (χ0) is 14.7. The Kier molecular flexibility index (Phi) is 15.8. The molecule has 0 N–H and O–H groups in total. The van der Waals surface area contributed by atoms with E-state index in [-0.39, 0.29) is 57.6 Å². The van der Waals surface area contributed by atoms with Gasteiger partial charge in [0.2, 0.25) is 0 Å². The molecule has 0 atom stereocenters. The van der Waals surface area contributed by atoms with Crippen molar-refractivity contribution in [3.05, 3.63) is 33.6 Å². The summed E-state index contributed by atoms with van der Waals surface area (Å²) in [5, 5.41) is 4.54. The van der Waals surface area contributed by atoms with Gasteiger partial charge >= 0.3 is 21.7 Å². The van der Waals surface area contributed by atoms with Crippen molar-refractivity contribution < 1.29 is 46.5 Å². The molecular formula is C17H31Cl2NTi. The van der Waals surface area contributed by atoms with E-state index in [2.05, 4.69) is 80.6 Å². The first-order chi connectivity index (χ1) is 7.83. The Morgan fingerprint density at radius 3 is 1.24 bits per heavy atom. The van der Waals surface area contributed by atoms with Crippen LogP contribution in [-0.4, -0.2) is 11.1 Å². The van der Waals surface area contributed by atoms with Crippen molar-refractivity contribution in [3.63, 3.8) is 0 Å². The molecule has 0 radical (unpaired) electrons. The molecule has 0 bridgehead atoms. The van der Waals surface area contributed by atoms with Crippen LogP contribution in [0.5, 0.6) is 0 Å². The largest absolute Gasteiger partial charge is 4.00 e. The molecule has 0 spiro atoms. The molecule has 0 aromatic heterocycles. The number of nitrogens with zero attached hydrogens (tertiary/aromatic N) is 1. The van der Waals surface area contributed by atoms with Crippen molar-refractivity contribution in [2.24, 2.45) is 0 Å². The van der Waals surface area contributed by atoms with Gasteiger partial charge in [0, 0.05) is 0 Å². The number of aryl methyl sites for hydroxylation is 2. The molecule has 122 valence electrons. The molecule has 1 aromatic rings. The van der Waals surface area contributed by atoms with E-state index in [9.17, 15) is 0 Å². The molecule has 0 aliphatic heterocycles. The van der Waals surface area contributed by atoms with E-state index in [1.807, 2.05) is 0 Å². The molecule has 0 saturated carbocycles. The van der Waals surface area contributed by atoms with Crippen molar-refractivity contribution in [1.82, 2.24) is 0 Å². The maximum atomic E-state index is 4.54. The Balaban J connectivity index is -0.000000120. The molecule has 0 unspecified atom stereocenters. The zero-order valence-electron chi connectivity index (χ0n) is 15.3. The van der Waals surface area contributed by atoms with Crippen LogP contribution in [-0.2, 0) is 21.7 Å². The van der Waals surface area contributed by atoms with Gasteiger partial charge < -0.3 is 30.1 Å². The molecule has 4 heteroatoms. The predicted octanol–water partition coefficient (Wildman–Crippen LogP) is -0.398. The van der Waals surface area contributed by atoms with Crippen LogP contribution in [0.4, 0.5) is 0 Å². The average Bonchev–Trinajstić information content (AvgIpc) is 2.28.